The second-order valence-electron chi connectivity index (χ2n) is 17.8. The second-order valence-corrected chi connectivity index (χ2v) is 17.8. The smallest absolute Gasteiger partial charge is 0.137 e. The quantitative estimate of drug-likeness (QED) is 0.0608. The van der Waals surface area contributed by atoms with E-state index in [2.05, 4.69) is 22.9 Å². The summed E-state index contributed by atoms with van der Waals surface area (Å²) in [5.74, 6) is -0.268. The molecule has 14 nitrogen and oxygen atoms in total. The SMILES string of the molecule is COC1CC(C2CC(O)CC(CCC3CCC(O)C(OCNCC(C)O)C3)O2)CC(OCC2[NH2+]C(C)CCC2(CC(=O)[O-])CC2CC[NH2+]C(N)C2)C1O. The van der Waals surface area contributed by atoms with E-state index < -0.39 is 48.0 Å². The summed E-state index contributed by atoms with van der Waals surface area (Å²) in [5, 5.41) is 62.2. The van der Waals surface area contributed by atoms with Gasteiger partial charge in [-0.2, -0.15) is 0 Å². The van der Waals surface area contributed by atoms with Gasteiger partial charge in [0.05, 0.1) is 74.8 Å². The van der Waals surface area contributed by atoms with Gasteiger partial charge >= 0.3 is 0 Å². The zero-order valence-electron chi connectivity index (χ0n) is 32.6. The number of piperidine rings is 2. The van der Waals surface area contributed by atoms with Gasteiger partial charge in [-0.05, 0) is 121 Å². The van der Waals surface area contributed by atoms with Crippen LogP contribution >= 0.6 is 0 Å². The zero-order chi connectivity index (χ0) is 38.1. The van der Waals surface area contributed by atoms with Gasteiger partial charge in [0.1, 0.15) is 18.3 Å². The van der Waals surface area contributed by atoms with Crippen molar-refractivity contribution in [2.24, 2.45) is 28.9 Å². The first kappa shape index (κ1) is 43.1. The molecule has 11 N–H and O–H groups in total. The first-order chi connectivity index (χ1) is 25.3. The molecule has 308 valence electrons. The molecule has 0 aromatic rings. The van der Waals surface area contributed by atoms with Gasteiger partial charge in [0, 0.05) is 31.5 Å². The Morgan fingerprint density at radius 3 is 2.53 bits per heavy atom. The van der Waals surface area contributed by atoms with Gasteiger partial charge in [-0.15, -0.1) is 0 Å². The summed E-state index contributed by atoms with van der Waals surface area (Å²) in [4.78, 5) is 12.2. The maximum absolute atomic E-state index is 12.2. The number of hydrogen-bond acceptors (Lipinski definition) is 12. The molecule has 3 heterocycles. The Bertz CT molecular complexity index is 1110. The monoisotopic (exact) mass is 758 g/mol. The highest BCUT2D eigenvalue weighted by atomic mass is 16.5. The van der Waals surface area contributed by atoms with E-state index in [1.807, 2.05) is 0 Å². The number of quaternary nitrogens is 2. The van der Waals surface area contributed by atoms with Crippen molar-refractivity contribution in [2.75, 3.05) is 33.5 Å². The van der Waals surface area contributed by atoms with E-state index in [9.17, 15) is 30.3 Å². The lowest BCUT2D eigenvalue weighted by Gasteiger charge is -2.48. The van der Waals surface area contributed by atoms with Gasteiger partial charge in [-0.25, -0.2) is 0 Å². The van der Waals surface area contributed by atoms with Crippen LogP contribution in [0.4, 0.5) is 0 Å². The molecular formula is C39H73N4O10+. The largest absolute Gasteiger partial charge is 0.550 e. The van der Waals surface area contributed by atoms with Gasteiger partial charge in [0.15, 0.2) is 0 Å². The van der Waals surface area contributed by atoms with Gasteiger partial charge in [-0.1, -0.05) is 0 Å². The van der Waals surface area contributed by atoms with E-state index in [0.717, 1.165) is 64.3 Å². The predicted molar refractivity (Wildman–Crippen MR) is 194 cm³/mol. The summed E-state index contributed by atoms with van der Waals surface area (Å²) < 4.78 is 25.1. The minimum Gasteiger partial charge on any atom is -0.550 e. The van der Waals surface area contributed by atoms with Crippen molar-refractivity contribution in [2.45, 2.75) is 183 Å². The zero-order valence-corrected chi connectivity index (χ0v) is 32.6. The van der Waals surface area contributed by atoms with Crippen LogP contribution < -0.4 is 26.8 Å². The van der Waals surface area contributed by atoms with Crippen LogP contribution in [0.5, 0.6) is 0 Å². The molecule has 2 saturated carbocycles. The van der Waals surface area contributed by atoms with Crippen LogP contribution in [0.1, 0.15) is 110 Å². The molecule has 16 atom stereocenters. The molecule has 14 heteroatoms. The molecule has 5 fully saturated rings. The van der Waals surface area contributed by atoms with Crippen LogP contribution in [0.2, 0.25) is 0 Å². The summed E-state index contributed by atoms with van der Waals surface area (Å²) in [6, 6.07) is 0.239. The molecule has 0 aromatic heterocycles. The highest BCUT2D eigenvalue weighted by molar-refractivity contribution is 5.65. The van der Waals surface area contributed by atoms with Gasteiger partial charge in [-0.3, -0.25) is 11.1 Å². The van der Waals surface area contributed by atoms with Gasteiger partial charge < -0.3 is 59.9 Å². The third-order valence-corrected chi connectivity index (χ3v) is 13.4. The third kappa shape index (κ3) is 12.5. The van der Waals surface area contributed by atoms with Gasteiger partial charge in [0.2, 0.25) is 0 Å². The average Bonchev–Trinajstić information content (AvgIpc) is 3.10. The van der Waals surface area contributed by atoms with Crippen LogP contribution in [0.3, 0.4) is 0 Å². The van der Waals surface area contributed by atoms with Crippen LogP contribution in [-0.4, -0.2) is 133 Å². The Hall–Kier alpha value is -1.01. The first-order valence-corrected chi connectivity index (χ1v) is 20.8. The average molecular weight is 758 g/mol. The number of carboxylic acids is 1. The standard InChI is InChI=1S/C39H72N4O10/c1-23-8-10-39(19-37(47)48,18-26-9-11-42-36(40)13-26)35(43-23)21-51-34-15-27(14-33(50-3)38(34)49)31-17-28(45)16-29(53-31)6-4-25-5-7-30(46)32(12-25)52-22-41-20-24(2)44/h23-36,38,41-46,49H,4-22,40H2,1-3H3,(H,47,48)/p+1. The molecule has 0 aromatic carbocycles. The maximum atomic E-state index is 12.2. The summed E-state index contributed by atoms with van der Waals surface area (Å²) in [6.07, 6.45) is 7.02. The lowest BCUT2D eigenvalue weighted by Crippen LogP contribution is -3.00. The number of hydrogen-bond donors (Lipinski definition) is 8. The Balaban J connectivity index is 1.18. The van der Waals surface area contributed by atoms with E-state index >= 15 is 0 Å². The molecule has 16 unspecified atom stereocenters. The molecule has 53 heavy (non-hydrogen) atoms. The Morgan fingerprint density at radius 1 is 1.00 bits per heavy atom. The van der Waals surface area contributed by atoms with Crippen molar-refractivity contribution in [1.82, 2.24) is 5.32 Å². The van der Waals surface area contributed by atoms with Crippen molar-refractivity contribution in [3.05, 3.63) is 0 Å². The number of nitrogens with one attached hydrogen (secondary N) is 1. The molecular weight excluding hydrogens is 684 g/mol. The molecule has 0 radical (unpaired) electrons. The Labute approximate surface area is 316 Å². The highest BCUT2D eigenvalue weighted by Gasteiger charge is 2.49. The van der Waals surface area contributed by atoms with Crippen molar-refractivity contribution in [3.8, 4) is 0 Å². The third-order valence-electron chi connectivity index (χ3n) is 13.4. The molecule has 3 saturated heterocycles. The number of carbonyl (C=O) groups excluding carboxylic acids is 1. The van der Waals surface area contributed by atoms with E-state index in [0.29, 0.717) is 63.1 Å². The number of rotatable bonds is 17. The van der Waals surface area contributed by atoms with E-state index in [4.69, 9.17) is 24.7 Å². The summed E-state index contributed by atoms with van der Waals surface area (Å²) in [6.45, 7) is 5.89. The van der Waals surface area contributed by atoms with E-state index in [-0.39, 0.29) is 49.6 Å². The lowest BCUT2D eigenvalue weighted by molar-refractivity contribution is -0.744. The number of aliphatic hydroxyl groups is 4. The van der Waals surface area contributed by atoms with Crippen LogP contribution in [-0.2, 0) is 23.7 Å². The van der Waals surface area contributed by atoms with Crippen LogP contribution in [0.15, 0.2) is 0 Å². The molecule has 0 spiro atoms. The Morgan fingerprint density at radius 2 is 1.79 bits per heavy atom. The molecule has 5 rings (SSSR count). The molecule has 5 aliphatic rings. The fourth-order valence-electron chi connectivity index (χ4n) is 10.5. The minimum atomic E-state index is -1.03. The van der Waals surface area contributed by atoms with Crippen molar-refractivity contribution in [1.29, 1.82) is 0 Å². The highest BCUT2D eigenvalue weighted by Crippen LogP contribution is 2.43. The van der Waals surface area contributed by atoms with Crippen LogP contribution in [0.25, 0.3) is 0 Å². The number of methoxy groups -OCH3 is 1. The Kier molecular flexibility index (Phi) is 16.6. The second kappa shape index (κ2) is 20.4. The molecule has 3 aliphatic heterocycles. The summed E-state index contributed by atoms with van der Waals surface area (Å²) in [5.41, 5.74) is 5.83. The topological polar surface area (TPSA) is 229 Å². The normalized spacial score (nSPS) is 43.3. The molecule has 0 amide bonds. The number of nitrogens with two attached hydrogens (primary N) is 3. The first-order valence-electron chi connectivity index (χ1n) is 20.8. The fraction of sp³-hybridized carbons (Fsp3) is 0.974. The summed E-state index contributed by atoms with van der Waals surface area (Å²) in [7, 11) is 1.61. The number of aliphatic carboxylic acids is 1. The number of ether oxygens (including phenoxy) is 4. The van der Waals surface area contributed by atoms with E-state index in [1.165, 1.54) is 0 Å². The van der Waals surface area contributed by atoms with Gasteiger partial charge in [0.25, 0.3) is 0 Å². The number of aliphatic hydroxyl groups excluding tert-OH is 4. The number of carboxylic acid groups (broad SMARTS) is 1. The fourth-order valence-corrected chi connectivity index (χ4v) is 10.5. The predicted octanol–water partition coefficient (Wildman–Crippen LogP) is -1.79. The van der Waals surface area contributed by atoms with E-state index in [1.54, 1.807) is 14.0 Å². The minimum absolute atomic E-state index is 0.0122. The lowest BCUT2D eigenvalue weighted by atomic mass is 9.64. The summed E-state index contributed by atoms with van der Waals surface area (Å²) >= 11 is 0. The maximum Gasteiger partial charge on any atom is 0.137 e. The van der Waals surface area contributed by atoms with Crippen molar-refractivity contribution in [3.63, 3.8) is 0 Å². The number of carbonyl (C=O) groups is 1. The van der Waals surface area contributed by atoms with Crippen molar-refractivity contribution >= 4 is 5.97 Å². The molecule has 2 aliphatic carbocycles. The van der Waals surface area contributed by atoms with Crippen LogP contribution in [0, 0.1) is 23.2 Å². The molecule has 0 bridgehead atoms. The van der Waals surface area contributed by atoms with Crippen molar-refractivity contribution < 1.29 is 59.9 Å².